The molecule has 0 heterocycles. The summed E-state index contributed by atoms with van der Waals surface area (Å²) in [5.41, 5.74) is 5.28. The molecule has 6 heteroatoms. The smallest absolute Gasteiger partial charge is 0.407 e. The highest BCUT2D eigenvalue weighted by atomic mass is 16.5. The quantitative estimate of drug-likeness (QED) is 0.639. The molecule has 2 aliphatic rings. The van der Waals surface area contributed by atoms with Crippen LogP contribution in [0.1, 0.15) is 25.7 Å². The average Bonchev–Trinajstić information content (AvgIpc) is 3.03. The molecule has 0 saturated heterocycles. The van der Waals surface area contributed by atoms with Crippen molar-refractivity contribution in [2.45, 2.75) is 31.7 Å². The normalized spacial score (nSPS) is 28.8. The summed E-state index contributed by atoms with van der Waals surface area (Å²) in [5, 5.41) is 10.9. The Labute approximate surface area is 118 Å². The second-order valence-electron chi connectivity index (χ2n) is 5.35. The van der Waals surface area contributed by atoms with Gasteiger partial charge in [-0.3, -0.25) is 4.79 Å². The fourth-order valence-electron chi connectivity index (χ4n) is 2.79. The predicted octanol–water partition coefficient (Wildman–Crippen LogP) is 0.564. The maximum Gasteiger partial charge on any atom is 0.407 e. The van der Waals surface area contributed by atoms with Crippen molar-refractivity contribution in [3.8, 4) is 11.8 Å². The molecular formula is C14H20N2O4. The number of hydrogen-bond acceptors (Lipinski definition) is 4. The summed E-state index contributed by atoms with van der Waals surface area (Å²) >= 11 is 0. The Morgan fingerprint density at radius 2 is 1.90 bits per heavy atom. The number of carboxylic acid groups (broad SMARTS) is 1. The third-order valence-corrected chi connectivity index (χ3v) is 4.03. The summed E-state index contributed by atoms with van der Waals surface area (Å²) in [4.78, 5) is 21.9. The summed E-state index contributed by atoms with van der Waals surface area (Å²) in [5.74, 6) is 6.79. The molecule has 0 aromatic heterocycles. The fourth-order valence-corrected chi connectivity index (χ4v) is 2.79. The highest BCUT2D eigenvalue weighted by molar-refractivity contribution is 5.75. The number of carbonyl (C=O) groups excluding carboxylic acids is 1. The van der Waals surface area contributed by atoms with Crippen LogP contribution in [0.25, 0.3) is 0 Å². The van der Waals surface area contributed by atoms with E-state index in [0.29, 0.717) is 24.4 Å². The van der Waals surface area contributed by atoms with Gasteiger partial charge in [0.1, 0.15) is 6.04 Å². The molecule has 0 aromatic carbocycles. The van der Waals surface area contributed by atoms with E-state index in [1.807, 2.05) is 0 Å². The number of carbonyl (C=O) groups is 2. The Hall–Kier alpha value is -1.74. The van der Waals surface area contributed by atoms with Crippen LogP contribution in [0, 0.1) is 29.6 Å². The average molecular weight is 280 g/mol. The lowest BCUT2D eigenvalue weighted by molar-refractivity contribution is -0.138. The molecule has 6 nitrogen and oxygen atoms in total. The van der Waals surface area contributed by atoms with Crippen molar-refractivity contribution in [2.24, 2.45) is 23.5 Å². The van der Waals surface area contributed by atoms with E-state index in [9.17, 15) is 9.59 Å². The van der Waals surface area contributed by atoms with Gasteiger partial charge in [0.15, 0.2) is 0 Å². The van der Waals surface area contributed by atoms with Crippen molar-refractivity contribution in [3.63, 3.8) is 0 Å². The number of amides is 1. The Bertz CT molecular complexity index is 422. The lowest BCUT2D eigenvalue weighted by Crippen LogP contribution is -2.42. The number of alkyl carbamates (subject to hydrolysis) is 1. The highest BCUT2D eigenvalue weighted by Crippen LogP contribution is 2.52. The Kier molecular flexibility index (Phi) is 4.85. The molecule has 1 fully saturated rings. The summed E-state index contributed by atoms with van der Waals surface area (Å²) in [6.45, 7) is 0.267. The first-order chi connectivity index (χ1) is 9.59. The molecule has 110 valence electrons. The molecule has 1 saturated carbocycles. The van der Waals surface area contributed by atoms with E-state index in [0.717, 1.165) is 25.7 Å². The molecule has 2 rings (SSSR count). The first-order valence-electron chi connectivity index (χ1n) is 6.94. The zero-order chi connectivity index (χ0) is 14.5. The van der Waals surface area contributed by atoms with Gasteiger partial charge < -0.3 is 20.9 Å². The van der Waals surface area contributed by atoms with Gasteiger partial charge in [0.2, 0.25) is 0 Å². The van der Waals surface area contributed by atoms with Crippen LogP contribution in [0.3, 0.4) is 0 Å². The molecule has 0 spiro atoms. The molecule has 1 amide bonds. The van der Waals surface area contributed by atoms with Gasteiger partial charge in [0, 0.05) is 19.4 Å². The van der Waals surface area contributed by atoms with Crippen molar-refractivity contribution in [1.82, 2.24) is 5.32 Å². The lowest BCUT2D eigenvalue weighted by Gasteiger charge is -2.09. The maximum atomic E-state index is 11.4. The van der Waals surface area contributed by atoms with Gasteiger partial charge in [-0.15, -0.1) is 11.8 Å². The number of nitrogens with two attached hydrogens (primary N) is 1. The van der Waals surface area contributed by atoms with E-state index in [1.165, 1.54) is 0 Å². The first kappa shape index (κ1) is 14.7. The van der Waals surface area contributed by atoms with E-state index in [2.05, 4.69) is 17.2 Å². The number of hydrogen-bond donors (Lipinski definition) is 3. The zero-order valence-corrected chi connectivity index (χ0v) is 11.3. The number of nitrogens with one attached hydrogen (secondary N) is 1. The molecule has 2 aliphatic carbocycles. The minimum Gasteiger partial charge on any atom is -0.480 e. The molecule has 20 heavy (non-hydrogen) atoms. The van der Waals surface area contributed by atoms with Gasteiger partial charge >= 0.3 is 12.1 Å². The SMILES string of the molecule is N[C@H](CNC(=O)OC[C@H]1[C@@H]2CCC#CCC[C@@H]21)C(=O)O. The van der Waals surface area contributed by atoms with E-state index >= 15 is 0 Å². The molecule has 0 aromatic rings. The Morgan fingerprint density at radius 3 is 2.45 bits per heavy atom. The van der Waals surface area contributed by atoms with Crippen molar-refractivity contribution in [2.75, 3.05) is 13.2 Å². The number of aliphatic carboxylic acids is 1. The molecular weight excluding hydrogens is 260 g/mol. The number of rotatable bonds is 5. The second-order valence-corrected chi connectivity index (χ2v) is 5.35. The topological polar surface area (TPSA) is 102 Å². The molecule has 0 bridgehead atoms. The maximum absolute atomic E-state index is 11.4. The summed E-state index contributed by atoms with van der Waals surface area (Å²) in [6.07, 6.45) is 3.42. The van der Waals surface area contributed by atoms with Crippen molar-refractivity contribution in [1.29, 1.82) is 0 Å². The molecule has 4 atom stereocenters. The third-order valence-electron chi connectivity index (χ3n) is 4.03. The van der Waals surface area contributed by atoms with Crippen molar-refractivity contribution in [3.05, 3.63) is 0 Å². The third kappa shape index (κ3) is 3.87. The van der Waals surface area contributed by atoms with Gasteiger partial charge in [-0.1, -0.05) is 0 Å². The lowest BCUT2D eigenvalue weighted by atomic mass is 10.1. The van der Waals surface area contributed by atoms with Gasteiger partial charge in [-0.05, 0) is 30.6 Å². The number of fused-ring (bicyclic) bond motifs is 1. The summed E-state index contributed by atoms with van der Waals surface area (Å²) < 4.78 is 5.13. The minimum atomic E-state index is -1.15. The van der Waals surface area contributed by atoms with Crippen LogP contribution >= 0.6 is 0 Å². The van der Waals surface area contributed by atoms with E-state index in [-0.39, 0.29) is 6.54 Å². The van der Waals surface area contributed by atoms with Gasteiger partial charge in [0.25, 0.3) is 0 Å². The van der Waals surface area contributed by atoms with Crippen LogP contribution in [0.2, 0.25) is 0 Å². The van der Waals surface area contributed by atoms with Gasteiger partial charge in [0.05, 0.1) is 6.61 Å². The van der Waals surface area contributed by atoms with Crippen LogP contribution in [-0.4, -0.2) is 36.4 Å². The van der Waals surface area contributed by atoms with Crippen molar-refractivity contribution < 1.29 is 19.4 Å². The Morgan fingerprint density at radius 1 is 1.30 bits per heavy atom. The zero-order valence-electron chi connectivity index (χ0n) is 11.3. The Balaban J connectivity index is 1.64. The summed E-state index contributed by atoms with van der Waals surface area (Å²) in [6, 6.07) is -1.10. The van der Waals surface area contributed by atoms with Crippen LogP contribution in [0.5, 0.6) is 0 Å². The van der Waals surface area contributed by atoms with Crippen LogP contribution in [0.15, 0.2) is 0 Å². The molecule has 0 radical (unpaired) electrons. The van der Waals surface area contributed by atoms with E-state index in [1.54, 1.807) is 0 Å². The van der Waals surface area contributed by atoms with E-state index in [4.69, 9.17) is 15.6 Å². The highest BCUT2D eigenvalue weighted by Gasteiger charge is 2.49. The minimum absolute atomic E-state index is 0.125. The van der Waals surface area contributed by atoms with Crippen LogP contribution < -0.4 is 11.1 Å². The molecule has 0 unspecified atom stereocenters. The molecule has 0 aliphatic heterocycles. The fraction of sp³-hybridized carbons (Fsp3) is 0.714. The van der Waals surface area contributed by atoms with Crippen LogP contribution in [0.4, 0.5) is 4.79 Å². The summed E-state index contributed by atoms with van der Waals surface area (Å²) in [7, 11) is 0. The largest absolute Gasteiger partial charge is 0.480 e. The predicted molar refractivity (Wildman–Crippen MR) is 71.7 cm³/mol. The first-order valence-corrected chi connectivity index (χ1v) is 6.94. The number of ether oxygens (including phenoxy) is 1. The molecule has 4 N–H and O–H groups in total. The van der Waals surface area contributed by atoms with Crippen molar-refractivity contribution >= 4 is 12.1 Å². The standard InChI is InChI=1S/C14H20N2O4/c15-12(13(17)18)7-16-14(19)20-8-11-9-5-3-1-2-4-6-10(9)11/h9-12H,3-8,15H2,(H,16,19)(H,17,18)/t9-,10+,11+,12-/m1/s1. The monoisotopic (exact) mass is 280 g/mol. The second kappa shape index (κ2) is 6.62. The number of carboxylic acids is 1. The van der Waals surface area contributed by atoms with Gasteiger partial charge in [-0.2, -0.15) is 0 Å². The van der Waals surface area contributed by atoms with E-state index < -0.39 is 18.1 Å². The van der Waals surface area contributed by atoms with Crippen LogP contribution in [-0.2, 0) is 9.53 Å². The van der Waals surface area contributed by atoms with Gasteiger partial charge in [-0.25, -0.2) is 4.79 Å².